The summed E-state index contributed by atoms with van der Waals surface area (Å²) in [6.45, 7) is 2.83. The number of para-hydroxylation sites is 1. The lowest BCUT2D eigenvalue weighted by atomic mass is 10.0. The molecule has 0 bridgehead atoms. The Bertz CT molecular complexity index is 702. The Morgan fingerprint density at radius 1 is 0.960 bits per heavy atom. The van der Waals surface area contributed by atoms with Crippen molar-refractivity contribution in [2.45, 2.75) is 71.3 Å². The molecule has 136 valence electrons. The minimum Gasteiger partial charge on any atom is -0.481 e. The second-order valence-corrected chi connectivity index (χ2v) is 6.69. The number of carboxylic acid groups (broad SMARTS) is 1. The number of hydrogen-bond acceptors (Lipinski definition) is 2. The Morgan fingerprint density at radius 2 is 1.68 bits per heavy atom. The highest BCUT2D eigenvalue weighted by molar-refractivity contribution is 6.08. The molecule has 0 spiro atoms. The van der Waals surface area contributed by atoms with E-state index in [1.54, 1.807) is 0 Å². The van der Waals surface area contributed by atoms with E-state index in [9.17, 15) is 9.59 Å². The number of Topliss-reactive ketones (excluding diaryl/α,β-unsaturated/α-hetero) is 1. The van der Waals surface area contributed by atoms with E-state index in [4.69, 9.17) is 5.11 Å². The van der Waals surface area contributed by atoms with Gasteiger partial charge in [0.05, 0.1) is 0 Å². The lowest BCUT2D eigenvalue weighted by Crippen LogP contribution is -2.01. The summed E-state index contributed by atoms with van der Waals surface area (Å²) in [4.78, 5) is 23.4. The molecule has 1 heterocycles. The fraction of sp³-hybridized carbons (Fsp3) is 0.524. The van der Waals surface area contributed by atoms with Gasteiger partial charge in [-0.15, -0.1) is 0 Å². The maximum Gasteiger partial charge on any atom is 0.303 e. The van der Waals surface area contributed by atoms with E-state index < -0.39 is 5.97 Å². The highest BCUT2D eigenvalue weighted by atomic mass is 16.4. The van der Waals surface area contributed by atoms with Crippen molar-refractivity contribution < 1.29 is 14.7 Å². The third-order valence-corrected chi connectivity index (χ3v) is 4.64. The average molecular weight is 343 g/mol. The molecular weight excluding hydrogens is 314 g/mol. The predicted molar refractivity (Wildman–Crippen MR) is 101 cm³/mol. The summed E-state index contributed by atoms with van der Waals surface area (Å²) in [5, 5.41) is 9.79. The van der Waals surface area contributed by atoms with Gasteiger partial charge in [-0.2, -0.15) is 0 Å². The number of benzene rings is 1. The fourth-order valence-corrected chi connectivity index (χ4v) is 3.26. The zero-order valence-corrected chi connectivity index (χ0v) is 15.2. The van der Waals surface area contributed by atoms with E-state index in [0.29, 0.717) is 19.4 Å². The molecule has 0 aliphatic carbocycles. The largest absolute Gasteiger partial charge is 0.481 e. The molecule has 0 fully saturated rings. The van der Waals surface area contributed by atoms with Crippen LogP contribution in [-0.2, 0) is 11.3 Å². The first kappa shape index (κ1) is 19.2. The van der Waals surface area contributed by atoms with Gasteiger partial charge >= 0.3 is 5.97 Å². The van der Waals surface area contributed by atoms with Crippen molar-refractivity contribution in [3.8, 4) is 0 Å². The zero-order chi connectivity index (χ0) is 18.1. The summed E-state index contributed by atoms with van der Waals surface area (Å²) in [5.74, 6) is -0.584. The second-order valence-electron chi connectivity index (χ2n) is 6.69. The number of unbranched alkanes of at least 4 members (excludes halogenated alkanes) is 5. The SMILES string of the molecule is CCCCCCCCC(=O)c1cn(CCCC(=O)O)c2ccccc12. The first-order valence-corrected chi connectivity index (χ1v) is 9.46. The molecule has 0 unspecified atom stereocenters. The monoisotopic (exact) mass is 343 g/mol. The number of carboxylic acids is 1. The third kappa shape index (κ3) is 5.73. The van der Waals surface area contributed by atoms with Crippen LogP contribution in [0.3, 0.4) is 0 Å². The van der Waals surface area contributed by atoms with Gasteiger partial charge in [0.1, 0.15) is 0 Å². The van der Waals surface area contributed by atoms with Gasteiger partial charge in [-0.3, -0.25) is 9.59 Å². The van der Waals surface area contributed by atoms with Crippen molar-refractivity contribution in [2.24, 2.45) is 0 Å². The van der Waals surface area contributed by atoms with Gasteiger partial charge in [0.25, 0.3) is 0 Å². The van der Waals surface area contributed by atoms with E-state index in [1.165, 1.54) is 25.7 Å². The van der Waals surface area contributed by atoms with Crippen LogP contribution in [-0.4, -0.2) is 21.4 Å². The molecular formula is C21H29NO3. The van der Waals surface area contributed by atoms with Crippen LogP contribution in [0.4, 0.5) is 0 Å². The van der Waals surface area contributed by atoms with Crippen LogP contribution >= 0.6 is 0 Å². The molecule has 0 saturated carbocycles. The van der Waals surface area contributed by atoms with Gasteiger partial charge < -0.3 is 9.67 Å². The molecule has 0 radical (unpaired) electrons. The molecule has 1 aromatic heterocycles. The van der Waals surface area contributed by atoms with Crippen LogP contribution in [0.1, 0.15) is 75.1 Å². The molecule has 0 aliphatic heterocycles. The maximum atomic E-state index is 12.6. The molecule has 0 saturated heterocycles. The normalized spacial score (nSPS) is 11.1. The van der Waals surface area contributed by atoms with Gasteiger partial charge in [0.15, 0.2) is 5.78 Å². The molecule has 1 aromatic carbocycles. The standard InChI is InChI=1S/C21H29NO3/c1-2-3-4-5-6-7-13-20(23)18-16-22(15-10-14-21(24)25)19-12-9-8-11-17(18)19/h8-9,11-12,16H,2-7,10,13-15H2,1H3,(H,24,25). The van der Waals surface area contributed by atoms with Gasteiger partial charge in [0.2, 0.25) is 0 Å². The van der Waals surface area contributed by atoms with Crippen LogP contribution in [0.25, 0.3) is 10.9 Å². The Balaban J connectivity index is 1.99. The third-order valence-electron chi connectivity index (χ3n) is 4.64. The van der Waals surface area contributed by atoms with Gasteiger partial charge in [0, 0.05) is 42.0 Å². The van der Waals surface area contributed by atoms with Crippen LogP contribution < -0.4 is 0 Å². The molecule has 0 atom stereocenters. The zero-order valence-electron chi connectivity index (χ0n) is 15.2. The average Bonchev–Trinajstić information content (AvgIpc) is 2.97. The smallest absolute Gasteiger partial charge is 0.303 e. The number of carbonyl (C=O) groups is 2. The molecule has 2 rings (SSSR count). The Labute approximate surface area is 149 Å². The van der Waals surface area contributed by atoms with Crippen molar-refractivity contribution in [3.05, 3.63) is 36.0 Å². The van der Waals surface area contributed by atoms with E-state index in [2.05, 4.69) is 6.92 Å². The number of aryl methyl sites for hydroxylation is 1. The lowest BCUT2D eigenvalue weighted by Gasteiger charge is -2.03. The summed E-state index contributed by atoms with van der Waals surface area (Å²) in [5.41, 5.74) is 1.79. The Hall–Kier alpha value is -2.10. The lowest BCUT2D eigenvalue weighted by molar-refractivity contribution is -0.137. The number of aliphatic carboxylic acids is 1. The van der Waals surface area contributed by atoms with Gasteiger partial charge in [-0.05, 0) is 18.9 Å². The van der Waals surface area contributed by atoms with Crippen molar-refractivity contribution in [1.82, 2.24) is 4.57 Å². The second kappa shape index (κ2) is 10.0. The molecule has 0 amide bonds. The highest BCUT2D eigenvalue weighted by Crippen LogP contribution is 2.24. The van der Waals surface area contributed by atoms with E-state index >= 15 is 0 Å². The summed E-state index contributed by atoms with van der Waals surface area (Å²) < 4.78 is 2.02. The number of aromatic nitrogens is 1. The Morgan fingerprint density at radius 3 is 2.44 bits per heavy atom. The molecule has 25 heavy (non-hydrogen) atoms. The van der Waals surface area contributed by atoms with Crippen molar-refractivity contribution in [2.75, 3.05) is 0 Å². The summed E-state index contributed by atoms with van der Waals surface area (Å²) in [7, 11) is 0. The van der Waals surface area contributed by atoms with Crippen molar-refractivity contribution >= 4 is 22.7 Å². The molecule has 1 N–H and O–H groups in total. The number of carbonyl (C=O) groups excluding carboxylic acids is 1. The topological polar surface area (TPSA) is 59.3 Å². The Kier molecular flexibility index (Phi) is 7.71. The van der Waals surface area contributed by atoms with E-state index in [0.717, 1.165) is 29.3 Å². The number of nitrogens with zero attached hydrogens (tertiary/aromatic N) is 1. The molecule has 4 heteroatoms. The minimum atomic E-state index is -0.782. The summed E-state index contributed by atoms with van der Waals surface area (Å²) in [6, 6.07) is 7.89. The minimum absolute atomic E-state index is 0.146. The quantitative estimate of drug-likeness (QED) is 0.412. The molecule has 2 aromatic rings. The van der Waals surface area contributed by atoms with E-state index in [1.807, 2.05) is 35.0 Å². The van der Waals surface area contributed by atoms with Crippen molar-refractivity contribution in [3.63, 3.8) is 0 Å². The number of hydrogen-bond donors (Lipinski definition) is 1. The van der Waals surface area contributed by atoms with Crippen LogP contribution in [0, 0.1) is 0 Å². The molecule has 0 aliphatic rings. The first-order chi connectivity index (χ1) is 12.1. The summed E-state index contributed by atoms with van der Waals surface area (Å²) >= 11 is 0. The maximum absolute atomic E-state index is 12.6. The van der Waals surface area contributed by atoms with E-state index in [-0.39, 0.29) is 12.2 Å². The number of rotatable bonds is 12. The number of ketones is 1. The van der Waals surface area contributed by atoms with Crippen LogP contribution in [0.15, 0.2) is 30.5 Å². The van der Waals surface area contributed by atoms with Crippen molar-refractivity contribution in [1.29, 1.82) is 0 Å². The van der Waals surface area contributed by atoms with Crippen LogP contribution in [0.2, 0.25) is 0 Å². The van der Waals surface area contributed by atoms with Crippen LogP contribution in [0.5, 0.6) is 0 Å². The first-order valence-electron chi connectivity index (χ1n) is 9.46. The predicted octanol–water partition coefficient (Wildman–Crippen LogP) is 5.44. The van der Waals surface area contributed by atoms with Gasteiger partial charge in [-0.1, -0.05) is 57.2 Å². The highest BCUT2D eigenvalue weighted by Gasteiger charge is 2.14. The van der Waals surface area contributed by atoms with Gasteiger partial charge in [-0.25, -0.2) is 0 Å². The molecule has 4 nitrogen and oxygen atoms in total. The number of fused-ring (bicyclic) bond motifs is 1. The summed E-state index contributed by atoms with van der Waals surface area (Å²) in [6.07, 6.45) is 10.3. The fourth-order valence-electron chi connectivity index (χ4n) is 3.26.